The van der Waals surface area contributed by atoms with Gasteiger partial charge in [-0.25, -0.2) is 8.42 Å². The molecule has 1 heterocycles. The molecular formula is C17H20ClNO2S. The third-order valence-electron chi connectivity index (χ3n) is 3.98. The van der Waals surface area contributed by atoms with Crippen molar-refractivity contribution >= 4 is 22.2 Å². The Morgan fingerprint density at radius 2 is 1.55 bits per heavy atom. The third kappa shape index (κ3) is 3.51. The van der Waals surface area contributed by atoms with Crippen LogP contribution in [0.2, 0.25) is 0 Å². The van der Waals surface area contributed by atoms with E-state index in [1.54, 1.807) is 12.1 Å². The maximum absolute atomic E-state index is 12.6. The van der Waals surface area contributed by atoms with Gasteiger partial charge in [-0.05, 0) is 42.6 Å². The second-order valence-electron chi connectivity index (χ2n) is 5.40. The number of piperidine rings is 1. The first-order valence-electron chi connectivity index (χ1n) is 7.28. The molecular weight excluding hydrogens is 318 g/mol. The van der Waals surface area contributed by atoms with Gasteiger partial charge in [-0.2, -0.15) is 0 Å². The van der Waals surface area contributed by atoms with Crippen LogP contribution >= 0.6 is 12.4 Å². The molecule has 1 aliphatic heterocycles. The van der Waals surface area contributed by atoms with E-state index in [2.05, 4.69) is 5.32 Å². The fraction of sp³-hybridized carbons (Fsp3) is 0.294. The van der Waals surface area contributed by atoms with Crippen LogP contribution in [0.15, 0.2) is 59.5 Å². The Hall–Kier alpha value is -1.36. The molecule has 2 aromatic rings. The quantitative estimate of drug-likeness (QED) is 0.934. The van der Waals surface area contributed by atoms with Crippen LogP contribution in [-0.2, 0) is 9.84 Å². The van der Waals surface area contributed by atoms with Crippen LogP contribution in [0.5, 0.6) is 0 Å². The van der Waals surface area contributed by atoms with E-state index in [9.17, 15) is 8.42 Å². The van der Waals surface area contributed by atoms with E-state index in [0.717, 1.165) is 30.5 Å². The van der Waals surface area contributed by atoms with Crippen molar-refractivity contribution in [3.05, 3.63) is 54.6 Å². The monoisotopic (exact) mass is 337 g/mol. The molecule has 0 aromatic heterocycles. The van der Waals surface area contributed by atoms with Crippen molar-refractivity contribution < 1.29 is 8.42 Å². The normalized spacial score (nSPS) is 18.5. The summed E-state index contributed by atoms with van der Waals surface area (Å²) in [6.45, 7) is 1.47. The number of hydrogen-bond donors (Lipinski definition) is 1. The summed E-state index contributed by atoms with van der Waals surface area (Å²) in [5, 5.41) is 2.87. The Bertz CT molecular complexity index is 693. The van der Waals surface area contributed by atoms with E-state index in [4.69, 9.17) is 0 Å². The van der Waals surface area contributed by atoms with E-state index in [-0.39, 0.29) is 17.7 Å². The molecule has 0 spiro atoms. The average molecular weight is 338 g/mol. The summed E-state index contributed by atoms with van der Waals surface area (Å²) >= 11 is 0. The lowest BCUT2D eigenvalue weighted by atomic mass is 10.1. The molecule has 118 valence electrons. The molecule has 0 amide bonds. The van der Waals surface area contributed by atoms with Gasteiger partial charge < -0.3 is 5.32 Å². The lowest BCUT2D eigenvalue weighted by Gasteiger charge is -2.22. The highest BCUT2D eigenvalue weighted by Gasteiger charge is 2.28. The van der Waals surface area contributed by atoms with Gasteiger partial charge in [0, 0.05) is 6.54 Å². The molecule has 1 aliphatic rings. The van der Waals surface area contributed by atoms with Gasteiger partial charge in [0.15, 0.2) is 9.84 Å². The molecule has 5 heteroatoms. The Labute approximate surface area is 138 Å². The van der Waals surface area contributed by atoms with Crippen molar-refractivity contribution in [3.8, 4) is 11.1 Å². The summed E-state index contributed by atoms with van der Waals surface area (Å²) in [4.78, 5) is 0.427. The lowest BCUT2D eigenvalue weighted by molar-refractivity contribution is 0.497. The zero-order chi connectivity index (χ0) is 14.7. The van der Waals surface area contributed by atoms with Crippen molar-refractivity contribution in [3.63, 3.8) is 0 Å². The number of halogens is 1. The summed E-state index contributed by atoms with van der Waals surface area (Å²) in [6.07, 6.45) is 1.67. The third-order valence-corrected chi connectivity index (χ3v) is 6.19. The van der Waals surface area contributed by atoms with Gasteiger partial charge >= 0.3 is 0 Å². The van der Waals surface area contributed by atoms with Crippen molar-refractivity contribution in [1.82, 2.24) is 5.32 Å². The minimum absolute atomic E-state index is 0. The second-order valence-corrected chi connectivity index (χ2v) is 7.63. The Balaban J connectivity index is 0.00000176. The molecule has 0 bridgehead atoms. The molecule has 2 aromatic carbocycles. The molecule has 1 atom stereocenters. The number of nitrogens with one attached hydrogen (secondary N) is 1. The van der Waals surface area contributed by atoms with Crippen LogP contribution in [0.1, 0.15) is 12.8 Å². The maximum Gasteiger partial charge on any atom is 0.182 e. The Morgan fingerprint density at radius 3 is 2.14 bits per heavy atom. The first kappa shape index (κ1) is 17.0. The van der Waals surface area contributed by atoms with Gasteiger partial charge in [-0.3, -0.25) is 0 Å². The summed E-state index contributed by atoms with van der Waals surface area (Å²) in [5.41, 5.74) is 2.14. The van der Waals surface area contributed by atoms with Crippen molar-refractivity contribution in [2.24, 2.45) is 0 Å². The smallest absolute Gasteiger partial charge is 0.182 e. The average Bonchev–Trinajstić information content (AvgIpc) is 2.57. The Morgan fingerprint density at radius 1 is 0.909 bits per heavy atom. The Kier molecular flexibility index (Phi) is 5.62. The molecule has 3 nitrogen and oxygen atoms in total. The van der Waals surface area contributed by atoms with Crippen LogP contribution in [0.3, 0.4) is 0 Å². The van der Waals surface area contributed by atoms with Crippen molar-refractivity contribution in [1.29, 1.82) is 0 Å². The maximum atomic E-state index is 12.6. The van der Waals surface area contributed by atoms with Gasteiger partial charge in [0.05, 0.1) is 10.1 Å². The van der Waals surface area contributed by atoms with Crippen LogP contribution in [0.25, 0.3) is 11.1 Å². The summed E-state index contributed by atoms with van der Waals surface area (Å²) in [5.74, 6) is 0. The van der Waals surface area contributed by atoms with Gasteiger partial charge in [0.2, 0.25) is 0 Å². The van der Waals surface area contributed by atoms with Crippen LogP contribution in [0.4, 0.5) is 0 Å². The van der Waals surface area contributed by atoms with E-state index in [1.807, 2.05) is 42.5 Å². The van der Waals surface area contributed by atoms with E-state index >= 15 is 0 Å². The molecule has 0 saturated carbocycles. The van der Waals surface area contributed by atoms with Crippen LogP contribution in [-0.4, -0.2) is 26.8 Å². The largest absolute Gasteiger partial charge is 0.315 e. The van der Waals surface area contributed by atoms with Gasteiger partial charge in [-0.15, -0.1) is 12.4 Å². The summed E-state index contributed by atoms with van der Waals surface area (Å²) < 4.78 is 25.2. The van der Waals surface area contributed by atoms with Crippen molar-refractivity contribution in [2.45, 2.75) is 23.0 Å². The molecule has 1 fully saturated rings. The van der Waals surface area contributed by atoms with E-state index < -0.39 is 9.84 Å². The lowest BCUT2D eigenvalue weighted by Crippen LogP contribution is -2.38. The van der Waals surface area contributed by atoms with Gasteiger partial charge in [-0.1, -0.05) is 42.5 Å². The number of benzene rings is 2. The summed E-state index contributed by atoms with van der Waals surface area (Å²) in [7, 11) is -3.22. The fourth-order valence-corrected chi connectivity index (χ4v) is 4.46. The molecule has 0 aliphatic carbocycles. The second kappa shape index (κ2) is 7.27. The van der Waals surface area contributed by atoms with Crippen molar-refractivity contribution in [2.75, 3.05) is 13.1 Å². The SMILES string of the molecule is Cl.O=S(=O)(c1ccc(-c2ccccc2)cc1)C1CCCNC1. The predicted molar refractivity (Wildman–Crippen MR) is 92.2 cm³/mol. The van der Waals surface area contributed by atoms with Crippen LogP contribution < -0.4 is 5.32 Å². The van der Waals surface area contributed by atoms with Crippen LogP contribution in [0, 0.1) is 0 Å². The highest BCUT2D eigenvalue weighted by molar-refractivity contribution is 7.92. The molecule has 1 unspecified atom stereocenters. The zero-order valence-corrected chi connectivity index (χ0v) is 13.9. The number of sulfone groups is 1. The highest BCUT2D eigenvalue weighted by atomic mass is 35.5. The standard InChI is InChI=1S/C17H19NO2S.ClH/c19-21(20,17-7-4-12-18-13-17)16-10-8-15(9-11-16)14-5-2-1-3-6-14;/h1-3,5-6,8-11,17-18H,4,7,12-13H2;1H. The molecule has 22 heavy (non-hydrogen) atoms. The summed E-state index contributed by atoms with van der Waals surface area (Å²) in [6, 6.07) is 17.2. The fourth-order valence-electron chi connectivity index (χ4n) is 2.74. The first-order valence-corrected chi connectivity index (χ1v) is 8.83. The highest BCUT2D eigenvalue weighted by Crippen LogP contribution is 2.25. The molecule has 3 rings (SSSR count). The van der Waals surface area contributed by atoms with Gasteiger partial charge in [0.25, 0.3) is 0 Å². The first-order chi connectivity index (χ1) is 10.2. The minimum atomic E-state index is -3.22. The van der Waals surface area contributed by atoms with E-state index in [1.165, 1.54) is 0 Å². The molecule has 0 radical (unpaired) electrons. The molecule has 1 saturated heterocycles. The number of hydrogen-bond acceptors (Lipinski definition) is 3. The van der Waals surface area contributed by atoms with E-state index in [0.29, 0.717) is 11.4 Å². The number of rotatable bonds is 3. The topological polar surface area (TPSA) is 46.2 Å². The zero-order valence-electron chi connectivity index (χ0n) is 12.2. The predicted octanol–water partition coefficient (Wildman–Crippen LogP) is 3.30. The van der Waals surface area contributed by atoms with Gasteiger partial charge in [0.1, 0.15) is 0 Å². The minimum Gasteiger partial charge on any atom is -0.315 e. The molecule has 1 N–H and O–H groups in total.